The van der Waals surface area contributed by atoms with Crippen LogP contribution < -0.4 is 5.46 Å². The maximum Gasteiger partial charge on any atom is 0.497 e. The molecule has 0 bridgehead atoms. The van der Waals surface area contributed by atoms with Crippen LogP contribution in [0.1, 0.15) is 45.2 Å². The van der Waals surface area contributed by atoms with E-state index in [0.29, 0.717) is 5.46 Å². The Morgan fingerprint density at radius 2 is 1.65 bits per heavy atom. The summed E-state index contributed by atoms with van der Waals surface area (Å²) in [5, 5.41) is 4.22. The van der Waals surface area contributed by atoms with E-state index in [0.717, 1.165) is 24.0 Å². The van der Waals surface area contributed by atoms with Crippen molar-refractivity contribution >= 4 is 36.1 Å². The van der Waals surface area contributed by atoms with Crippen molar-refractivity contribution in [3.05, 3.63) is 39.9 Å². The van der Waals surface area contributed by atoms with Crippen molar-refractivity contribution in [1.29, 1.82) is 0 Å². The van der Waals surface area contributed by atoms with E-state index in [1.165, 1.54) is 0 Å². The molecule has 1 spiro atoms. The summed E-state index contributed by atoms with van der Waals surface area (Å²) in [6.07, 6.45) is 1.74. The van der Waals surface area contributed by atoms with Gasteiger partial charge in [-0.2, -0.15) is 0 Å². The van der Waals surface area contributed by atoms with E-state index in [-0.39, 0.29) is 9.90 Å². The van der Waals surface area contributed by atoms with Crippen molar-refractivity contribution < 1.29 is 13.7 Å². The van der Waals surface area contributed by atoms with Gasteiger partial charge in [0.1, 0.15) is 5.82 Å². The average Bonchev–Trinajstić information content (AvgIpc) is 3.12. The Bertz CT molecular complexity index is 678. The van der Waals surface area contributed by atoms with Gasteiger partial charge >= 0.3 is 7.12 Å². The van der Waals surface area contributed by atoms with Gasteiger partial charge in [-0.05, 0) is 62.5 Å². The number of hydrogen-bond acceptors (Lipinski definition) is 4. The van der Waals surface area contributed by atoms with Crippen molar-refractivity contribution in [2.45, 2.75) is 55.8 Å². The van der Waals surface area contributed by atoms with Crippen LogP contribution in [0.15, 0.2) is 22.9 Å². The van der Waals surface area contributed by atoms with Gasteiger partial charge in [0.15, 0.2) is 0 Å². The van der Waals surface area contributed by atoms with Crippen molar-refractivity contribution in [3.63, 3.8) is 0 Å². The number of hydrogen-bond donors (Lipinski definition) is 0. The zero-order valence-electron chi connectivity index (χ0n) is 13.8. The molecule has 0 radical (unpaired) electrons. The van der Waals surface area contributed by atoms with Crippen LogP contribution in [0.25, 0.3) is 0 Å². The van der Waals surface area contributed by atoms with E-state index in [1.807, 2.05) is 33.8 Å². The molecule has 3 aliphatic rings. The maximum absolute atomic E-state index is 15.2. The topological polar surface area (TPSA) is 18.5 Å². The summed E-state index contributed by atoms with van der Waals surface area (Å²) in [6.45, 7) is 7.96. The van der Waals surface area contributed by atoms with Crippen LogP contribution in [0.4, 0.5) is 4.39 Å². The molecule has 2 heterocycles. The second-order valence-electron chi connectivity index (χ2n) is 7.34. The first-order valence-corrected chi connectivity index (χ1v) is 9.70. The average molecular weight is 350 g/mol. The highest BCUT2D eigenvalue weighted by Crippen LogP contribution is 2.59. The Hall–Kier alpha value is -0.425. The van der Waals surface area contributed by atoms with Crippen molar-refractivity contribution in [3.8, 4) is 0 Å². The van der Waals surface area contributed by atoms with E-state index in [2.05, 4.69) is 16.9 Å². The van der Waals surface area contributed by atoms with Gasteiger partial charge in [-0.3, -0.25) is 0 Å². The van der Waals surface area contributed by atoms with Gasteiger partial charge < -0.3 is 9.31 Å². The lowest BCUT2D eigenvalue weighted by Gasteiger charge is -2.32. The quantitative estimate of drug-likeness (QED) is 0.707. The lowest BCUT2D eigenvalue weighted by molar-refractivity contribution is 0.00578. The molecule has 122 valence electrons. The molecule has 1 saturated heterocycles. The van der Waals surface area contributed by atoms with Gasteiger partial charge in [-0.25, -0.2) is 4.39 Å². The van der Waals surface area contributed by atoms with Crippen LogP contribution in [-0.2, 0) is 19.8 Å². The summed E-state index contributed by atoms with van der Waals surface area (Å²) >= 11 is 3.59. The predicted octanol–water partition coefficient (Wildman–Crippen LogP) is 4.18. The van der Waals surface area contributed by atoms with Gasteiger partial charge in [0.25, 0.3) is 0 Å². The summed E-state index contributed by atoms with van der Waals surface area (Å²) < 4.78 is 27.2. The second-order valence-corrected chi connectivity index (χ2v) is 10.0. The smallest absolute Gasteiger partial charge is 0.399 e. The predicted molar refractivity (Wildman–Crippen MR) is 96.4 cm³/mol. The highest BCUT2D eigenvalue weighted by molar-refractivity contribution is 8.22. The highest BCUT2D eigenvalue weighted by atomic mass is 32.2. The fourth-order valence-electron chi connectivity index (χ4n) is 3.36. The minimum atomic E-state index is -0.635. The fourth-order valence-corrected chi connectivity index (χ4v) is 5.88. The lowest BCUT2D eigenvalue weighted by atomic mass is 9.77. The summed E-state index contributed by atoms with van der Waals surface area (Å²) in [4.78, 5) is 0. The Balaban J connectivity index is 1.71. The third-order valence-electron chi connectivity index (χ3n) is 5.47. The van der Waals surface area contributed by atoms with E-state index in [9.17, 15) is 0 Å². The Morgan fingerprint density at radius 3 is 2.26 bits per heavy atom. The van der Waals surface area contributed by atoms with Crippen LogP contribution in [0.5, 0.6) is 0 Å². The van der Waals surface area contributed by atoms with Crippen LogP contribution >= 0.6 is 23.5 Å². The number of fused-ring (bicyclic) bond motifs is 2. The molecule has 0 N–H and O–H groups in total. The first kappa shape index (κ1) is 16.1. The molecule has 0 aromatic heterocycles. The van der Waals surface area contributed by atoms with Crippen LogP contribution in [0, 0.1) is 5.82 Å². The second kappa shape index (κ2) is 5.04. The van der Waals surface area contributed by atoms with E-state index in [4.69, 9.17) is 9.31 Å². The molecular weight excluding hydrogens is 330 g/mol. The Labute approximate surface area is 145 Å². The zero-order chi connectivity index (χ0) is 16.5. The summed E-state index contributed by atoms with van der Waals surface area (Å²) in [6, 6.07) is 3.92. The first-order valence-electron chi connectivity index (χ1n) is 7.94. The number of benzene rings is 1. The Morgan fingerprint density at radius 1 is 1.04 bits per heavy atom. The maximum atomic E-state index is 15.2. The van der Waals surface area contributed by atoms with Gasteiger partial charge in [0.05, 0.1) is 15.3 Å². The van der Waals surface area contributed by atoms with Crippen molar-refractivity contribution in [2.24, 2.45) is 0 Å². The number of halogens is 1. The molecule has 0 saturated carbocycles. The Kier molecular flexibility index (Phi) is 3.52. The lowest BCUT2D eigenvalue weighted by Crippen LogP contribution is -2.41. The molecule has 6 heteroatoms. The summed E-state index contributed by atoms with van der Waals surface area (Å²) in [5.74, 6) is -0.147. The monoisotopic (exact) mass is 350 g/mol. The molecule has 1 aromatic rings. The third-order valence-corrected chi connectivity index (χ3v) is 8.37. The van der Waals surface area contributed by atoms with E-state index in [1.54, 1.807) is 23.5 Å². The SMILES string of the molecule is CC1(C)OB(c2ccc3c(c2F)CCC32SC=CS2)OC1(C)C. The van der Waals surface area contributed by atoms with Gasteiger partial charge in [-0.1, -0.05) is 12.1 Å². The van der Waals surface area contributed by atoms with Crippen molar-refractivity contribution in [1.82, 2.24) is 0 Å². The molecule has 4 rings (SSSR count). The summed E-state index contributed by atoms with van der Waals surface area (Å²) in [5.41, 5.74) is 1.58. The molecule has 23 heavy (non-hydrogen) atoms. The van der Waals surface area contributed by atoms with Gasteiger partial charge in [0, 0.05) is 5.46 Å². The minimum absolute atomic E-state index is 0.0232. The van der Waals surface area contributed by atoms with E-state index >= 15 is 4.39 Å². The standard InChI is InChI=1S/C17H20BFO2S2/c1-15(2)16(3,4)21-18(20-15)13-6-5-12-11(14(13)19)7-8-17(12)22-9-10-23-17/h5-6,9-10H,7-8H2,1-4H3. The number of rotatable bonds is 1. The van der Waals surface area contributed by atoms with Crippen LogP contribution in [0.2, 0.25) is 0 Å². The molecule has 2 nitrogen and oxygen atoms in total. The molecule has 1 fully saturated rings. The van der Waals surface area contributed by atoms with Gasteiger partial charge in [0.2, 0.25) is 0 Å². The van der Waals surface area contributed by atoms with Gasteiger partial charge in [-0.15, -0.1) is 23.5 Å². The van der Waals surface area contributed by atoms with Crippen LogP contribution in [0.3, 0.4) is 0 Å². The highest BCUT2D eigenvalue weighted by Gasteiger charge is 2.53. The zero-order valence-corrected chi connectivity index (χ0v) is 15.4. The molecule has 0 unspecified atom stereocenters. The normalized spacial score (nSPS) is 26.2. The molecule has 1 aliphatic carbocycles. The van der Waals surface area contributed by atoms with Crippen molar-refractivity contribution in [2.75, 3.05) is 0 Å². The third kappa shape index (κ3) is 2.25. The molecule has 2 aliphatic heterocycles. The molecular formula is C17H20BFO2S2. The van der Waals surface area contributed by atoms with Crippen LogP contribution in [-0.4, -0.2) is 18.3 Å². The fraction of sp³-hybridized carbons (Fsp3) is 0.529. The molecule has 1 aromatic carbocycles. The van der Waals surface area contributed by atoms with E-state index < -0.39 is 18.3 Å². The minimum Gasteiger partial charge on any atom is -0.399 e. The molecule has 0 amide bonds. The largest absolute Gasteiger partial charge is 0.497 e. The molecule has 0 atom stereocenters. The first-order chi connectivity index (χ1) is 10.8. The number of thioether (sulfide) groups is 2. The summed E-state index contributed by atoms with van der Waals surface area (Å²) in [7, 11) is -0.635.